The van der Waals surface area contributed by atoms with E-state index in [4.69, 9.17) is 0 Å². The van der Waals surface area contributed by atoms with Crippen LogP contribution in [0.15, 0.2) is 12.1 Å². The molecule has 1 fully saturated rings. The Bertz CT molecular complexity index is 839. The third-order valence-corrected chi connectivity index (χ3v) is 4.95. The maximum absolute atomic E-state index is 12.3. The highest BCUT2D eigenvalue weighted by Gasteiger charge is 2.38. The number of carbonyl (C=O) groups excluding carboxylic acids is 1. The zero-order valence-corrected chi connectivity index (χ0v) is 16.1. The van der Waals surface area contributed by atoms with Crippen LogP contribution < -0.4 is 5.32 Å². The maximum atomic E-state index is 12.3. The summed E-state index contributed by atoms with van der Waals surface area (Å²) in [6.07, 6.45) is 3.04. The van der Waals surface area contributed by atoms with E-state index in [9.17, 15) is 15.0 Å². The van der Waals surface area contributed by atoms with Crippen LogP contribution in [0.2, 0.25) is 0 Å². The van der Waals surface area contributed by atoms with Crippen molar-refractivity contribution < 1.29 is 15.0 Å². The number of imidazole rings is 1. The zero-order valence-electron chi connectivity index (χ0n) is 16.1. The summed E-state index contributed by atoms with van der Waals surface area (Å²) in [5.41, 5.74) is -0.433. The van der Waals surface area contributed by atoms with Crippen LogP contribution in [0.25, 0.3) is 11.2 Å². The molecule has 0 radical (unpaired) electrons. The van der Waals surface area contributed by atoms with Crippen LogP contribution in [0, 0.1) is 0 Å². The van der Waals surface area contributed by atoms with E-state index in [1.807, 2.05) is 10.6 Å². The number of fused-ring (bicyclic) bond motifs is 1. The fourth-order valence-corrected chi connectivity index (χ4v) is 3.37. The molecule has 7 heteroatoms. The normalized spacial score (nSPS) is 17.2. The SMILES string of the molecule is CC(C)(O)CC(=O)Nc1nc2ccc(C(C)(C)O)nc2n1C1(C)CCC1. The average Bonchev–Trinajstić information content (AvgIpc) is 2.78. The molecule has 2 heterocycles. The summed E-state index contributed by atoms with van der Waals surface area (Å²) in [4.78, 5) is 21.5. The predicted molar refractivity (Wildman–Crippen MR) is 99.8 cm³/mol. The van der Waals surface area contributed by atoms with Gasteiger partial charge in [-0.2, -0.15) is 0 Å². The van der Waals surface area contributed by atoms with Gasteiger partial charge in [0, 0.05) is 5.54 Å². The number of aromatic nitrogens is 3. The van der Waals surface area contributed by atoms with Gasteiger partial charge < -0.3 is 10.2 Å². The summed E-state index contributed by atoms with van der Waals surface area (Å²) in [6.45, 7) is 8.71. The van der Waals surface area contributed by atoms with E-state index in [0.29, 0.717) is 22.8 Å². The van der Waals surface area contributed by atoms with Crippen LogP contribution in [0.1, 0.15) is 66.0 Å². The Hall–Kier alpha value is -1.99. The molecule has 2 aromatic rings. The van der Waals surface area contributed by atoms with Crippen LogP contribution in [-0.2, 0) is 15.9 Å². The van der Waals surface area contributed by atoms with E-state index < -0.39 is 11.2 Å². The molecule has 26 heavy (non-hydrogen) atoms. The van der Waals surface area contributed by atoms with Crippen molar-refractivity contribution in [3.8, 4) is 0 Å². The first-order chi connectivity index (χ1) is 11.9. The van der Waals surface area contributed by atoms with Crippen molar-refractivity contribution in [3.63, 3.8) is 0 Å². The summed E-state index contributed by atoms with van der Waals surface area (Å²) >= 11 is 0. The van der Waals surface area contributed by atoms with Gasteiger partial charge in [-0.3, -0.25) is 14.7 Å². The van der Waals surface area contributed by atoms with Gasteiger partial charge in [0.1, 0.15) is 11.1 Å². The Balaban J connectivity index is 2.08. The Kier molecular flexibility index (Phi) is 4.36. The molecule has 1 aliphatic carbocycles. The van der Waals surface area contributed by atoms with Crippen LogP contribution >= 0.6 is 0 Å². The molecule has 1 amide bonds. The molecular weight excluding hydrogens is 332 g/mol. The van der Waals surface area contributed by atoms with Gasteiger partial charge >= 0.3 is 0 Å². The molecule has 0 unspecified atom stereocenters. The highest BCUT2D eigenvalue weighted by molar-refractivity contribution is 5.91. The monoisotopic (exact) mass is 360 g/mol. The molecule has 142 valence electrons. The summed E-state index contributed by atoms with van der Waals surface area (Å²) in [6, 6.07) is 3.57. The minimum Gasteiger partial charge on any atom is -0.390 e. The van der Waals surface area contributed by atoms with E-state index in [1.165, 1.54) is 0 Å². The summed E-state index contributed by atoms with van der Waals surface area (Å²) < 4.78 is 1.98. The van der Waals surface area contributed by atoms with Crippen LogP contribution in [0.4, 0.5) is 5.95 Å². The molecule has 3 N–H and O–H groups in total. The predicted octanol–water partition coefficient (Wildman–Crippen LogP) is 2.66. The van der Waals surface area contributed by atoms with Gasteiger partial charge in [0.15, 0.2) is 5.65 Å². The highest BCUT2D eigenvalue weighted by atomic mass is 16.3. The number of hydrogen-bond acceptors (Lipinski definition) is 5. The van der Waals surface area contributed by atoms with E-state index in [1.54, 1.807) is 33.8 Å². The largest absolute Gasteiger partial charge is 0.390 e. The Morgan fingerprint density at radius 2 is 1.88 bits per heavy atom. The van der Waals surface area contributed by atoms with Crippen LogP contribution in [-0.4, -0.2) is 36.3 Å². The van der Waals surface area contributed by atoms with Crippen molar-refractivity contribution in [2.24, 2.45) is 0 Å². The molecule has 0 saturated heterocycles. The molecular formula is C19H28N4O3. The smallest absolute Gasteiger partial charge is 0.229 e. The minimum atomic E-state index is -1.09. The van der Waals surface area contributed by atoms with Crippen LogP contribution in [0.5, 0.6) is 0 Å². The third-order valence-electron chi connectivity index (χ3n) is 4.95. The second kappa shape index (κ2) is 6.03. The first-order valence-electron chi connectivity index (χ1n) is 9.04. The zero-order chi connectivity index (χ0) is 19.3. The first kappa shape index (κ1) is 18.8. The number of nitrogens with one attached hydrogen (secondary N) is 1. The van der Waals surface area contributed by atoms with Crippen molar-refractivity contribution in [1.82, 2.24) is 14.5 Å². The van der Waals surface area contributed by atoms with Gasteiger partial charge in [0.05, 0.1) is 17.7 Å². The number of hydrogen-bond donors (Lipinski definition) is 3. The van der Waals surface area contributed by atoms with Gasteiger partial charge in [-0.25, -0.2) is 9.97 Å². The Morgan fingerprint density at radius 3 is 2.38 bits per heavy atom. The van der Waals surface area contributed by atoms with Crippen molar-refractivity contribution in [3.05, 3.63) is 17.8 Å². The second-order valence-electron chi connectivity index (χ2n) is 8.76. The van der Waals surface area contributed by atoms with Crippen LogP contribution in [0.3, 0.4) is 0 Å². The van der Waals surface area contributed by atoms with E-state index in [0.717, 1.165) is 19.3 Å². The number of rotatable bonds is 5. The van der Waals surface area contributed by atoms with Crippen molar-refractivity contribution in [2.45, 2.75) is 77.0 Å². The second-order valence-corrected chi connectivity index (χ2v) is 8.76. The molecule has 0 aliphatic heterocycles. The maximum Gasteiger partial charge on any atom is 0.229 e. The van der Waals surface area contributed by atoms with E-state index in [-0.39, 0.29) is 17.9 Å². The quantitative estimate of drug-likeness (QED) is 0.761. The molecule has 1 aliphatic rings. The molecule has 1 saturated carbocycles. The van der Waals surface area contributed by atoms with Gasteiger partial charge in [-0.05, 0) is 66.0 Å². The van der Waals surface area contributed by atoms with E-state index >= 15 is 0 Å². The van der Waals surface area contributed by atoms with Crippen molar-refractivity contribution in [2.75, 3.05) is 5.32 Å². The molecule has 7 nitrogen and oxygen atoms in total. The lowest BCUT2D eigenvalue weighted by Crippen LogP contribution is -2.39. The molecule has 0 atom stereocenters. The van der Waals surface area contributed by atoms with E-state index in [2.05, 4.69) is 22.2 Å². The number of anilines is 1. The van der Waals surface area contributed by atoms with Gasteiger partial charge in [0.25, 0.3) is 0 Å². The summed E-state index contributed by atoms with van der Waals surface area (Å²) in [7, 11) is 0. The van der Waals surface area contributed by atoms with Crippen molar-refractivity contribution in [1.29, 1.82) is 0 Å². The average molecular weight is 360 g/mol. The highest BCUT2D eigenvalue weighted by Crippen LogP contribution is 2.42. The number of pyridine rings is 1. The third kappa shape index (κ3) is 3.59. The number of amides is 1. The minimum absolute atomic E-state index is 0.0186. The number of aliphatic hydroxyl groups is 2. The molecule has 0 bridgehead atoms. The topological polar surface area (TPSA) is 100 Å². The lowest BCUT2D eigenvalue weighted by Gasteiger charge is -2.40. The molecule has 2 aromatic heterocycles. The van der Waals surface area contributed by atoms with Gasteiger partial charge in [-0.15, -0.1) is 0 Å². The fourth-order valence-electron chi connectivity index (χ4n) is 3.37. The first-order valence-corrected chi connectivity index (χ1v) is 9.04. The molecule has 3 rings (SSSR count). The van der Waals surface area contributed by atoms with Gasteiger partial charge in [-0.1, -0.05) is 0 Å². The lowest BCUT2D eigenvalue weighted by molar-refractivity contribution is -0.119. The Labute approximate surface area is 153 Å². The number of carbonyl (C=O) groups is 1. The molecule has 0 spiro atoms. The summed E-state index contributed by atoms with van der Waals surface area (Å²) in [5.74, 6) is 0.150. The van der Waals surface area contributed by atoms with Gasteiger partial charge in [0.2, 0.25) is 11.9 Å². The molecule has 0 aromatic carbocycles. The standard InChI is InChI=1S/C19H28N4O3/c1-17(2,25)11-14(24)22-16-20-12-7-8-13(18(3,4)26)21-15(12)23(16)19(5)9-6-10-19/h7-8,25-26H,6,9-11H2,1-5H3,(H,20,22,24). The van der Waals surface area contributed by atoms with Crippen molar-refractivity contribution >= 4 is 23.0 Å². The lowest BCUT2D eigenvalue weighted by atomic mass is 9.78. The fraction of sp³-hybridized carbons (Fsp3) is 0.632. The number of nitrogens with zero attached hydrogens (tertiary/aromatic N) is 3. The Morgan fingerprint density at radius 1 is 1.23 bits per heavy atom. The summed E-state index contributed by atoms with van der Waals surface area (Å²) in [5, 5.41) is 23.0.